The quantitative estimate of drug-likeness (QED) is 0.666. The maximum atomic E-state index is 12.0. The largest absolute Gasteiger partial charge is 0.460 e. The predicted molar refractivity (Wildman–Crippen MR) is 82.6 cm³/mol. The predicted octanol–water partition coefficient (Wildman–Crippen LogP) is 1.83. The third-order valence-electron chi connectivity index (χ3n) is 2.90. The van der Waals surface area contributed by atoms with Crippen LogP contribution in [-0.4, -0.2) is 38.1 Å². The molecule has 0 spiro atoms. The average molecular weight is 324 g/mol. The molecule has 2 heterocycles. The average Bonchev–Trinajstić information content (AvgIpc) is 2.84. The van der Waals surface area contributed by atoms with Crippen LogP contribution in [0.2, 0.25) is 5.28 Å². The molecule has 0 aromatic carbocycles. The normalized spacial score (nSPS) is 12.2. The summed E-state index contributed by atoms with van der Waals surface area (Å²) >= 11 is 5.84. The van der Waals surface area contributed by atoms with Gasteiger partial charge < -0.3 is 15.0 Å². The molecule has 22 heavy (non-hydrogen) atoms. The summed E-state index contributed by atoms with van der Waals surface area (Å²) in [7, 11) is 0. The molecule has 1 atom stereocenters. The second-order valence-corrected chi connectivity index (χ2v) is 5.31. The summed E-state index contributed by atoms with van der Waals surface area (Å²) in [6, 6.07) is -0.134. The van der Waals surface area contributed by atoms with E-state index in [2.05, 4.69) is 15.0 Å². The molecule has 0 saturated carbocycles. The zero-order chi connectivity index (χ0) is 16.3. The van der Waals surface area contributed by atoms with Crippen molar-refractivity contribution < 1.29 is 9.53 Å². The molecule has 0 saturated heterocycles. The molecule has 0 aliphatic rings. The monoisotopic (exact) mass is 323 g/mol. The van der Waals surface area contributed by atoms with Crippen LogP contribution in [0.4, 0.5) is 0 Å². The van der Waals surface area contributed by atoms with Gasteiger partial charge in [0.1, 0.15) is 5.69 Å². The van der Waals surface area contributed by atoms with Gasteiger partial charge in [0.25, 0.3) is 0 Å². The number of nitrogens with two attached hydrogens (primary N) is 1. The Morgan fingerprint density at radius 1 is 1.50 bits per heavy atom. The van der Waals surface area contributed by atoms with Crippen LogP contribution >= 0.6 is 11.6 Å². The van der Waals surface area contributed by atoms with E-state index in [4.69, 9.17) is 22.1 Å². The van der Waals surface area contributed by atoms with Gasteiger partial charge in [-0.2, -0.15) is 0 Å². The Morgan fingerprint density at radius 2 is 2.23 bits per heavy atom. The van der Waals surface area contributed by atoms with Crippen LogP contribution < -0.4 is 5.73 Å². The first-order chi connectivity index (χ1) is 10.4. The van der Waals surface area contributed by atoms with Gasteiger partial charge in [-0.3, -0.25) is 0 Å². The van der Waals surface area contributed by atoms with E-state index >= 15 is 0 Å². The van der Waals surface area contributed by atoms with Gasteiger partial charge in [-0.15, -0.1) is 0 Å². The van der Waals surface area contributed by atoms with E-state index in [-0.39, 0.29) is 23.8 Å². The van der Waals surface area contributed by atoms with Crippen molar-refractivity contribution in [3.05, 3.63) is 29.1 Å². The molecular weight excluding hydrogens is 306 g/mol. The Kier molecular flexibility index (Phi) is 5.10. The van der Waals surface area contributed by atoms with Gasteiger partial charge in [0, 0.05) is 25.0 Å². The maximum absolute atomic E-state index is 12.0. The molecule has 2 aromatic rings. The number of halogens is 1. The Labute approximate surface area is 133 Å². The van der Waals surface area contributed by atoms with Gasteiger partial charge in [0.2, 0.25) is 11.1 Å². The van der Waals surface area contributed by atoms with E-state index in [1.165, 1.54) is 0 Å². The van der Waals surface area contributed by atoms with E-state index in [9.17, 15) is 4.79 Å². The Bertz CT molecular complexity index is 684. The third-order valence-corrected chi connectivity index (χ3v) is 3.09. The summed E-state index contributed by atoms with van der Waals surface area (Å²) < 4.78 is 6.71. The first-order valence-electron chi connectivity index (χ1n) is 6.91. The Hall–Kier alpha value is -1.99. The van der Waals surface area contributed by atoms with E-state index in [1.54, 1.807) is 23.9 Å². The number of aromatic nitrogens is 4. The molecule has 7 nitrogen and oxygen atoms in total. The molecular formula is C14H18ClN5O2. The lowest BCUT2D eigenvalue weighted by molar-refractivity contribution is 0.0506. The number of hydrogen-bond donors (Lipinski definition) is 1. The number of carbonyl (C=O) groups is 1. The molecule has 0 amide bonds. The second-order valence-electron chi connectivity index (χ2n) is 4.97. The van der Waals surface area contributed by atoms with Crippen molar-refractivity contribution >= 4 is 17.6 Å². The van der Waals surface area contributed by atoms with Crippen molar-refractivity contribution in [2.45, 2.75) is 33.4 Å². The molecule has 2 rings (SSSR count). The van der Waals surface area contributed by atoms with Crippen LogP contribution in [0.25, 0.3) is 11.4 Å². The van der Waals surface area contributed by atoms with E-state index in [1.807, 2.05) is 13.8 Å². The molecule has 2 N–H and O–H groups in total. The first kappa shape index (κ1) is 16.4. The first-order valence-corrected chi connectivity index (χ1v) is 7.29. The molecule has 8 heteroatoms. The third kappa shape index (κ3) is 3.61. The number of carbonyl (C=O) groups excluding carboxylic acids is 1. The molecule has 118 valence electrons. The van der Waals surface area contributed by atoms with Crippen molar-refractivity contribution in [3.63, 3.8) is 0 Å². The summed E-state index contributed by atoms with van der Waals surface area (Å²) in [5.41, 5.74) is 7.74. The van der Waals surface area contributed by atoms with Gasteiger partial charge in [-0.1, -0.05) is 0 Å². The number of nitrogens with zero attached hydrogens (tertiary/aromatic N) is 4. The number of esters is 1. The van der Waals surface area contributed by atoms with Gasteiger partial charge in [-0.25, -0.2) is 19.7 Å². The SMILES string of the molecule is CCOC(=O)c1nc(-c2nc(Cl)ncc2C)cn1C[C@@H](C)N. The van der Waals surface area contributed by atoms with Crippen molar-refractivity contribution in [2.24, 2.45) is 5.73 Å². The van der Waals surface area contributed by atoms with Crippen molar-refractivity contribution in [1.82, 2.24) is 19.5 Å². The van der Waals surface area contributed by atoms with Gasteiger partial charge in [0.05, 0.1) is 12.3 Å². The number of ether oxygens (including phenoxy) is 1. The van der Waals surface area contributed by atoms with E-state index < -0.39 is 5.97 Å². The molecule has 0 bridgehead atoms. The number of rotatable bonds is 5. The van der Waals surface area contributed by atoms with Gasteiger partial charge in [-0.05, 0) is 37.9 Å². The highest BCUT2D eigenvalue weighted by molar-refractivity contribution is 6.28. The molecule has 2 aromatic heterocycles. The molecule has 0 radical (unpaired) electrons. The van der Waals surface area contributed by atoms with Crippen LogP contribution in [-0.2, 0) is 11.3 Å². The lowest BCUT2D eigenvalue weighted by Crippen LogP contribution is -2.24. The Morgan fingerprint density at radius 3 is 2.86 bits per heavy atom. The minimum atomic E-state index is -0.493. The lowest BCUT2D eigenvalue weighted by Gasteiger charge is -2.09. The zero-order valence-corrected chi connectivity index (χ0v) is 13.5. The van der Waals surface area contributed by atoms with Crippen molar-refractivity contribution in [1.29, 1.82) is 0 Å². The van der Waals surface area contributed by atoms with Crippen LogP contribution in [0.1, 0.15) is 30.0 Å². The summed E-state index contributed by atoms with van der Waals surface area (Å²) in [6.45, 7) is 6.16. The number of aryl methyl sites for hydroxylation is 1. The smallest absolute Gasteiger partial charge is 0.374 e. The minimum Gasteiger partial charge on any atom is -0.460 e. The highest BCUT2D eigenvalue weighted by Crippen LogP contribution is 2.22. The highest BCUT2D eigenvalue weighted by Gasteiger charge is 2.20. The van der Waals surface area contributed by atoms with Gasteiger partial charge in [0.15, 0.2) is 0 Å². The summed E-state index contributed by atoms with van der Waals surface area (Å²) in [6.07, 6.45) is 3.33. The lowest BCUT2D eigenvalue weighted by atomic mass is 10.2. The highest BCUT2D eigenvalue weighted by atomic mass is 35.5. The zero-order valence-electron chi connectivity index (χ0n) is 12.7. The molecule has 0 aliphatic carbocycles. The summed E-state index contributed by atoms with van der Waals surface area (Å²) in [5, 5.41) is 0.125. The fourth-order valence-electron chi connectivity index (χ4n) is 2.02. The topological polar surface area (TPSA) is 95.9 Å². The van der Waals surface area contributed by atoms with Gasteiger partial charge >= 0.3 is 5.97 Å². The molecule has 0 unspecified atom stereocenters. The van der Waals surface area contributed by atoms with E-state index in [0.717, 1.165) is 5.56 Å². The fourth-order valence-corrected chi connectivity index (χ4v) is 2.15. The fraction of sp³-hybridized carbons (Fsp3) is 0.429. The standard InChI is InChI=1S/C14H18ClN5O2/c1-4-22-13(21)12-18-10(7-20(12)6-9(3)16)11-8(2)5-17-14(15)19-11/h5,7,9H,4,6,16H2,1-3H3/t9-/m1/s1. The Balaban J connectivity index is 2.49. The van der Waals surface area contributed by atoms with Crippen LogP contribution in [0, 0.1) is 6.92 Å². The summed E-state index contributed by atoms with van der Waals surface area (Å²) in [4.78, 5) is 24.5. The second kappa shape index (κ2) is 6.85. The number of imidazole rings is 1. The maximum Gasteiger partial charge on any atom is 0.374 e. The van der Waals surface area contributed by atoms with Crippen molar-refractivity contribution in [2.75, 3.05) is 6.61 Å². The van der Waals surface area contributed by atoms with Crippen molar-refractivity contribution in [3.8, 4) is 11.4 Å². The van der Waals surface area contributed by atoms with Crippen LogP contribution in [0.15, 0.2) is 12.4 Å². The number of hydrogen-bond acceptors (Lipinski definition) is 6. The molecule has 0 fully saturated rings. The summed E-state index contributed by atoms with van der Waals surface area (Å²) in [5.74, 6) is -0.296. The van der Waals surface area contributed by atoms with E-state index in [0.29, 0.717) is 17.9 Å². The minimum absolute atomic E-state index is 0.125. The van der Waals surface area contributed by atoms with Crippen LogP contribution in [0.3, 0.4) is 0 Å². The van der Waals surface area contributed by atoms with Crippen LogP contribution in [0.5, 0.6) is 0 Å². The molecule has 0 aliphatic heterocycles.